The predicted molar refractivity (Wildman–Crippen MR) is 105 cm³/mol. The van der Waals surface area contributed by atoms with Crippen LogP contribution in [0.4, 0.5) is 0 Å². The summed E-state index contributed by atoms with van der Waals surface area (Å²) >= 11 is 0. The van der Waals surface area contributed by atoms with Crippen LogP contribution in [0, 0.1) is 5.92 Å². The lowest BCUT2D eigenvalue weighted by Gasteiger charge is -2.29. The smallest absolute Gasteiger partial charge is 0.229 e. The molecule has 0 aliphatic carbocycles. The molecule has 1 atom stereocenters. The average molecular weight is 367 g/mol. The molecule has 0 aromatic heterocycles. The van der Waals surface area contributed by atoms with Gasteiger partial charge in [0.05, 0.1) is 19.6 Å². The lowest BCUT2D eigenvalue weighted by Crippen LogP contribution is -2.42. The van der Waals surface area contributed by atoms with Crippen molar-refractivity contribution in [3.05, 3.63) is 65.7 Å². The molecule has 2 aromatic carbocycles. The average Bonchev–Trinajstić information content (AvgIpc) is 2.72. The third-order valence-electron chi connectivity index (χ3n) is 4.65. The fourth-order valence-electron chi connectivity index (χ4n) is 3.19. The molecule has 1 amide bonds. The number of benzene rings is 2. The molecular formula is C22H25NO4. The summed E-state index contributed by atoms with van der Waals surface area (Å²) in [5, 5.41) is 9.35. The molecule has 1 N–H and O–H groups in total. The molecule has 3 rings (SSSR count). The van der Waals surface area contributed by atoms with Gasteiger partial charge in [0.25, 0.3) is 0 Å². The van der Waals surface area contributed by atoms with Crippen molar-refractivity contribution in [1.29, 1.82) is 0 Å². The first kappa shape index (κ1) is 19.0. The van der Waals surface area contributed by atoms with Gasteiger partial charge < -0.3 is 19.5 Å². The van der Waals surface area contributed by atoms with Crippen molar-refractivity contribution in [2.75, 3.05) is 33.4 Å². The molecule has 27 heavy (non-hydrogen) atoms. The molecule has 1 aliphatic heterocycles. The number of carbonyl (C=O) groups is 1. The van der Waals surface area contributed by atoms with E-state index in [-0.39, 0.29) is 18.4 Å². The third kappa shape index (κ3) is 4.89. The number of amides is 1. The van der Waals surface area contributed by atoms with Crippen molar-refractivity contribution in [2.24, 2.45) is 5.92 Å². The number of hydrogen-bond donors (Lipinski definition) is 1. The molecule has 0 saturated carbocycles. The molecule has 142 valence electrons. The summed E-state index contributed by atoms with van der Waals surface area (Å²) in [6.45, 7) is 1.04. The summed E-state index contributed by atoms with van der Waals surface area (Å²) in [5.74, 6) is 1.27. The number of hydrogen-bond acceptors (Lipinski definition) is 4. The lowest BCUT2D eigenvalue weighted by atomic mass is 9.95. The zero-order valence-corrected chi connectivity index (χ0v) is 15.5. The van der Waals surface area contributed by atoms with Crippen LogP contribution in [0.1, 0.15) is 11.1 Å². The van der Waals surface area contributed by atoms with E-state index in [1.807, 2.05) is 60.7 Å². The van der Waals surface area contributed by atoms with E-state index in [1.54, 1.807) is 12.0 Å². The molecule has 1 aliphatic rings. The van der Waals surface area contributed by atoms with Gasteiger partial charge in [-0.2, -0.15) is 0 Å². The zero-order chi connectivity index (χ0) is 19.1. The largest absolute Gasteiger partial charge is 0.497 e. The fourth-order valence-corrected chi connectivity index (χ4v) is 3.19. The Morgan fingerprint density at radius 2 is 2.11 bits per heavy atom. The van der Waals surface area contributed by atoms with Gasteiger partial charge in [-0.25, -0.2) is 0 Å². The van der Waals surface area contributed by atoms with E-state index in [2.05, 4.69) is 0 Å². The molecule has 0 fully saturated rings. The Morgan fingerprint density at radius 3 is 2.85 bits per heavy atom. The van der Waals surface area contributed by atoms with E-state index in [1.165, 1.54) is 0 Å². The van der Waals surface area contributed by atoms with E-state index in [0.717, 1.165) is 22.6 Å². The van der Waals surface area contributed by atoms with E-state index in [4.69, 9.17) is 9.47 Å². The minimum Gasteiger partial charge on any atom is -0.497 e. The van der Waals surface area contributed by atoms with Gasteiger partial charge in [0.2, 0.25) is 5.91 Å². The maximum Gasteiger partial charge on any atom is 0.229 e. The molecule has 1 heterocycles. The van der Waals surface area contributed by atoms with Crippen molar-refractivity contribution in [3.63, 3.8) is 0 Å². The molecule has 0 radical (unpaired) electrons. The second-order valence-electron chi connectivity index (χ2n) is 6.51. The Bertz CT molecular complexity index is 788. The fraction of sp³-hybridized carbons (Fsp3) is 0.318. The van der Waals surface area contributed by atoms with Gasteiger partial charge in [-0.3, -0.25) is 4.79 Å². The van der Waals surface area contributed by atoms with Gasteiger partial charge in [0.15, 0.2) is 0 Å². The SMILES string of the molecule is COc1ccc2c(c1)OC[C@@H](C(=O)N(C/C=C/c1ccccc1)CCO)C2. The maximum absolute atomic E-state index is 12.9. The highest BCUT2D eigenvalue weighted by atomic mass is 16.5. The van der Waals surface area contributed by atoms with Crippen LogP contribution in [0.3, 0.4) is 0 Å². The van der Waals surface area contributed by atoms with Crippen LogP contribution in [-0.2, 0) is 11.2 Å². The number of aliphatic hydroxyl groups is 1. The number of methoxy groups -OCH3 is 1. The molecule has 0 saturated heterocycles. The zero-order valence-electron chi connectivity index (χ0n) is 15.5. The summed E-state index contributed by atoms with van der Waals surface area (Å²) in [5.41, 5.74) is 2.09. The van der Waals surface area contributed by atoms with Crippen molar-refractivity contribution in [2.45, 2.75) is 6.42 Å². The Hall–Kier alpha value is -2.79. The third-order valence-corrected chi connectivity index (χ3v) is 4.65. The van der Waals surface area contributed by atoms with Crippen LogP contribution >= 0.6 is 0 Å². The number of fused-ring (bicyclic) bond motifs is 1. The maximum atomic E-state index is 12.9. The van der Waals surface area contributed by atoms with E-state index in [9.17, 15) is 9.90 Å². The molecule has 5 nitrogen and oxygen atoms in total. The van der Waals surface area contributed by atoms with E-state index < -0.39 is 0 Å². The predicted octanol–water partition coefficient (Wildman–Crippen LogP) is 2.78. The molecule has 0 bridgehead atoms. The lowest BCUT2D eigenvalue weighted by molar-refractivity contribution is -0.136. The molecule has 0 spiro atoms. The summed E-state index contributed by atoms with van der Waals surface area (Å²) in [7, 11) is 1.62. The molecule has 5 heteroatoms. The first-order valence-corrected chi connectivity index (χ1v) is 9.12. The summed E-state index contributed by atoms with van der Waals surface area (Å²) < 4.78 is 11.0. The second kappa shape index (κ2) is 9.24. The normalized spacial score (nSPS) is 15.9. The Morgan fingerprint density at radius 1 is 1.30 bits per heavy atom. The quantitative estimate of drug-likeness (QED) is 0.818. The minimum atomic E-state index is -0.248. The Labute approximate surface area is 159 Å². The van der Waals surface area contributed by atoms with Crippen LogP contribution in [0.25, 0.3) is 6.08 Å². The standard InChI is InChI=1S/C22H25NO4/c1-26-20-10-9-18-14-19(16-27-21(18)15-20)22(25)23(12-13-24)11-5-8-17-6-3-2-4-7-17/h2-10,15,19,24H,11-14,16H2,1H3/b8-5+/t19-/m0/s1. The first-order chi connectivity index (χ1) is 13.2. The van der Waals surface area contributed by atoms with Gasteiger partial charge >= 0.3 is 0 Å². The van der Waals surface area contributed by atoms with Gasteiger partial charge in [0, 0.05) is 19.2 Å². The van der Waals surface area contributed by atoms with Crippen LogP contribution in [0.5, 0.6) is 11.5 Å². The summed E-state index contributed by atoms with van der Waals surface area (Å²) in [4.78, 5) is 14.6. The highest BCUT2D eigenvalue weighted by Crippen LogP contribution is 2.31. The topological polar surface area (TPSA) is 59.0 Å². The molecule has 0 unspecified atom stereocenters. The van der Waals surface area contributed by atoms with E-state index in [0.29, 0.717) is 26.1 Å². The van der Waals surface area contributed by atoms with Crippen molar-refractivity contribution >= 4 is 12.0 Å². The first-order valence-electron chi connectivity index (χ1n) is 9.12. The molecule has 2 aromatic rings. The number of carbonyl (C=O) groups excluding carboxylic acids is 1. The highest BCUT2D eigenvalue weighted by molar-refractivity contribution is 5.80. The van der Waals surface area contributed by atoms with E-state index >= 15 is 0 Å². The van der Waals surface area contributed by atoms with Crippen molar-refractivity contribution < 1.29 is 19.4 Å². The second-order valence-corrected chi connectivity index (χ2v) is 6.51. The number of nitrogens with zero attached hydrogens (tertiary/aromatic N) is 1. The van der Waals surface area contributed by atoms with Crippen molar-refractivity contribution in [3.8, 4) is 11.5 Å². The molecular weight excluding hydrogens is 342 g/mol. The highest BCUT2D eigenvalue weighted by Gasteiger charge is 2.29. The number of aliphatic hydroxyl groups excluding tert-OH is 1. The van der Waals surface area contributed by atoms with Crippen LogP contribution in [0.2, 0.25) is 0 Å². The van der Waals surface area contributed by atoms with Crippen LogP contribution < -0.4 is 9.47 Å². The van der Waals surface area contributed by atoms with Gasteiger partial charge in [-0.15, -0.1) is 0 Å². The van der Waals surface area contributed by atoms with Gasteiger partial charge in [-0.1, -0.05) is 48.6 Å². The van der Waals surface area contributed by atoms with Gasteiger partial charge in [-0.05, 0) is 23.6 Å². The monoisotopic (exact) mass is 367 g/mol. The van der Waals surface area contributed by atoms with Crippen LogP contribution in [-0.4, -0.2) is 49.3 Å². The Kier molecular flexibility index (Phi) is 6.49. The van der Waals surface area contributed by atoms with Crippen molar-refractivity contribution in [1.82, 2.24) is 4.90 Å². The number of rotatable bonds is 7. The minimum absolute atomic E-state index is 0.00299. The summed E-state index contributed by atoms with van der Waals surface area (Å²) in [6, 6.07) is 15.6. The Balaban J connectivity index is 1.65. The summed E-state index contributed by atoms with van der Waals surface area (Å²) in [6.07, 6.45) is 4.56. The number of ether oxygens (including phenoxy) is 2. The van der Waals surface area contributed by atoms with Crippen LogP contribution in [0.15, 0.2) is 54.6 Å². The van der Waals surface area contributed by atoms with Gasteiger partial charge in [0.1, 0.15) is 18.1 Å².